The fourth-order valence-electron chi connectivity index (χ4n) is 2.17. The minimum atomic E-state index is 0.127. The lowest BCUT2D eigenvalue weighted by Crippen LogP contribution is -2.41. The summed E-state index contributed by atoms with van der Waals surface area (Å²) < 4.78 is 6.05. The van der Waals surface area contributed by atoms with E-state index in [9.17, 15) is 4.79 Å². The van der Waals surface area contributed by atoms with Gasteiger partial charge in [-0.15, -0.1) is 10.2 Å². The second kappa shape index (κ2) is 7.76. The number of anilines is 2. The summed E-state index contributed by atoms with van der Waals surface area (Å²) in [5, 5.41) is 12.3. The van der Waals surface area contributed by atoms with Crippen LogP contribution in [0.5, 0.6) is 0 Å². The Morgan fingerprint density at radius 1 is 1.35 bits per heavy atom. The van der Waals surface area contributed by atoms with Crippen LogP contribution < -0.4 is 5.32 Å². The van der Waals surface area contributed by atoms with E-state index in [1.165, 1.54) is 23.1 Å². The van der Waals surface area contributed by atoms with Crippen LogP contribution in [0.2, 0.25) is 0 Å². The lowest BCUT2D eigenvalue weighted by molar-refractivity contribution is -0.132. The molecule has 23 heavy (non-hydrogen) atoms. The molecule has 0 saturated carbocycles. The summed E-state index contributed by atoms with van der Waals surface area (Å²) in [7, 11) is 0. The van der Waals surface area contributed by atoms with E-state index < -0.39 is 0 Å². The van der Waals surface area contributed by atoms with E-state index in [4.69, 9.17) is 4.74 Å². The van der Waals surface area contributed by atoms with Crippen LogP contribution in [0.25, 0.3) is 0 Å². The molecule has 1 aromatic carbocycles. The van der Waals surface area contributed by atoms with E-state index >= 15 is 0 Å². The molecule has 1 saturated heterocycles. The Morgan fingerprint density at radius 3 is 2.91 bits per heavy atom. The number of aromatic nitrogens is 2. The molecule has 1 fully saturated rings. The highest BCUT2D eigenvalue weighted by Crippen LogP contribution is 2.28. The second-order valence-corrected chi connectivity index (χ2v) is 7.29. The van der Waals surface area contributed by atoms with Crippen LogP contribution >= 0.6 is 23.1 Å². The average Bonchev–Trinajstić information content (AvgIpc) is 3.03. The number of carbonyl (C=O) groups is 1. The summed E-state index contributed by atoms with van der Waals surface area (Å²) in [6.07, 6.45) is 0. The number of thioether (sulfide) groups is 1. The molecular weight excluding hydrogens is 332 g/mol. The van der Waals surface area contributed by atoms with Gasteiger partial charge in [-0.3, -0.25) is 4.79 Å². The Hall–Kier alpha value is -1.64. The molecule has 0 unspecified atom stereocenters. The first-order valence-electron chi connectivity index (χ1n) is 7.37. The lowest BCUT2D eigenvalue weighted by atomic mass is 10.2. The third-order valence-corrected chi connectivity index (χ3v) is 5.43. The number of hydrogen-bond acceptors (Lipinski definition) is 7. The highest BCUT2D eigenvalue weighted by atomic mass is 32.2. The van der Waals surface area contributed by atoms with Gasteiger partial charge in [0.2, 0.25) is 11.0 Å². The first kappa shape index (κ1) is 16.2. The van der Waals surface area contributed by atoms with Gasteiger partial charge in [-0.25, -0.2) is 0 Å². The van der Waals surface area contributed by atoms with Crippen LogP contribution in [0.4, 0.5) is 10.8 Å². The van der Waals surface area contributed by atoms with E-state index in [0.29, 0.717) is 32.1 Å². The Labute approximate surface area is 143 Å². The summed E-state index contributed by atoms with van der Waals surface area (Å²) in [6.45, 7) is 4.64. The van der Waals surface area contributed by atoms with Crippen molar-refractivity contribution >= 4 is 39.8 Å². The zero-order chi connectivity index (χ0) is 16.1. The third kappa shape index (κ3) is 4.43. The molecule has 0 aliphatic carbocycles. The third-order valence-electron chi connectivity index (χ3n) is 3.48. The van der Waals surface area contributed by atoms with Crippen LogP contribution in [0.1, 0.15) is 5.56 Å². The number of benzene rings is 1. The van der Waals surface area contributed by atoms with Gasteiger partial charge in [-0.05, 0) is 18.6 Å². The number of amides is 1. The molecule has 1 aliphatic rings. The molecular formula is C15H18N4O2S2. The highest BCUT2D eigenvalue weighted by Gasteiger charge is 2.17. The minimum Gasteiger partial charge on any atom is -0.378 e. The monoisotopic (exact) mass is 350 g/mol. The van der Waals surface area contributed by atoms with Gasteiger partial charge >= 0.3 is 0 Å². The maximum atomic E-state index is 12.1. The smallest absolute Gasteiger partial charge is 0.233 e. The molecule has 1 aliphatic heterocycles. The SMILES string of the molecule is Cc1ccccc1Nc1nnc(SCC(=O)N2CCOCC2)s1. The maximum absolute atomic E-state index is 12.1. The first-order valence-corrected chi connectivity index (χ1v) is 9.17. The zero-order valence-corrected chi connectivity index (χ0v) is 14.5. The Morgan fingerprint density at radius 2 is 2.13 bits per heavy atom. The van der Waals surface area contributed by atoms with Gasteiger partial charge < -0.3 is 15.0 Å². The van der Waals surface area contributed by atoms with Crippen LogP contribution in [0.15, 0.2) is 28.6 Å². The van der Waals surface area contributed by atoms with Crippen molar-refractivity contribution in [2.45, 2.75) is 11.3 Å². The Kier molecular flexibility index (Phi) is 5.47. The van der Waals surface area contributed by atoms with E-state index in [-0.39, 0.29) is 5.91 Å². The van der Waals surface area contributed by atoms with Gasteiger partial charge in [-0.2, -0.15) is 0 Å². The van der Waals surface area contributed by atoms with Crippen LogP contribution in [-0.2, 0) is 9.53 Å². The van der Waals surface area contributed by atoms with Gasteiger partial charge in [0.15, 0.2) is 4.34 Å². The number of morpholine rings is 1. The zero-order valence-electron chi connectivity index (χ0n) is 12.8. The number of rotatable bonds is 5. The average molecular weight is 350 g/mol. The summed E-state index contributed by atoms with van der Waals surface area (Å²) in [5.41, 5.74) is 2.17. The van der Waals surface area contributed by atoms with Crippen LogP contribution in [0, 0.1) is 6.92 Å². The number of para-hydroxylation sites is 1. The quantitative estimate of drug-likeness (QED) is 0.836. The number of hydrogen-bond donors (Lipinski definition) is 1. The molecule has 2 heterocycles. The number of ether oxygens (including phenoxy) is 1. The molecule has 3 rings (SSSR count). The lowest BCUT2D eigenvalue weighted by Gasteiger charge is -2.26. The predicted molar refractivity (Wildman–Crippen MR) is 92.5 cm³/mol. The standard InChI is InChI=1S/C15H18N4O2S2/c1-11-4-2-3-5-12(11)16-14-17-18-15(23-14)22-10-13(20)19-6-8-21-9-7-19/h2-5H,6-10H2,1H3,(H,16,17). The molecule has 122 valence electrons. The van der Waals surface area contributed by atoms with Crippen molar-refractivity contribution in [1.82, 2.24) is 15.1 Å². The predicted octanol–water partition coefficient (Wildman–Crippen LogP) is 2.54. The minimum absolute atomic E-state index is 0.127. The van der Waals surface area contributed by atoms with Gasteiger partial charge in [0, 0.05) is 18.8 Å². The molecule has 8 heteroatoms. The molecule has 1 N–H and O–H groups in total. The summed E-state index contributed by atoms with van der Waals surface area (Å²) in [4.78, 5) is 13.9. The van der Waals surface area contributed by atoms with E-state index in [2.05, 4.69) is 15.5 Å². The van der Waals surface area contributed by atoms with E-state index in [0.717, 1.165) is 20.7 Å². The number of carbonyl (C=O) groups excluding carboxylic acids is 1. The summed E-state index contributed by atoms with van der Waals surface area (Å²) in [6, 6.07) is 8.03. The number of nitrogens with zero attached hydrogens (tertiary/aromatic N) is 3. The summed E-state index contributed by atoms with van der Waals surface area (Å²) in [5.74, 6) is 0.515. The molecule has 6 nitrogen and oxygen atoms in total. The number of aryl methyl sites for hydroxylation is 1. The van der Waals surface area contributed by atoms with Crippen LogP contribution in [0.3, 0.4) is 0 Å². The van der Waals surface area contributed by atoms with E-state index in [1.807, 2.05) is 36.1 Å². The fourth-order valence-corrected chi connectivity index (χ4v) is 3.84. The van der Waals surface area contributed by atoms with Gasteiger partial charge in [0.05, 0.1) is 19.0 Å². The van der Waals surface area contributed by atoms with Crippen molar-refractivity contribution in [2.75, 3.05) is 37.4 Å². The topological polar surface area (TPSA) is 67.4 Å². The summed E-state index contributed by atoms with van der Waals surface area (Å²) >= 11 is 2.89. The van der Waals surface area contributed by atoms with Gasteiger partial charge in [0.25, 0.3) is 0 Å². The van der Waals surface area contributed by atoms with Gasteiger partial charge in [-0.1, -0.05) is 41.3 Å². The maximum Gasteiger partial charge on any atom is 0.233 e. The molecule has 1 amide bonds. The van der Waals surface area contributed by atoms with Crippen molar-refractivity contribution in [1.29, 1.82) is 0 Å². The molecule has 0 radical (unpaired) electrons. The highest BCUT2D eigenvalue weighted by molar-refractivity contribution is 8.01. The second-order valence-electron chi connectivity index (χ2n) is 5.09. The molecule has 1 aromatic heterocycles. The molecule has 0 spiro atoms. The van der Waals surface area contributed by atoms with E-state index in [1.54, 1.807) is 0 Å². The first-order chi connectivity index (χ1) is 11.2. The largest absolute Gasteiger partial charge is 0.378 e. The van der Waals surface area contributed by atoms with Gasteiger partial charge in [0.1, 0.15) is 0 Å². The molecule has 0 atom stereocenters. The van der Waals surface area contributed by atoms with Crippen molar-refractivity contribution < 1.29 is 9.53 Å². The van der Waals surface area contributed by atoms with Crippen molar-refractivity contribution in [3.8, 4) is 0 Å². The van der Waals surface area contributed by atoms with Crippen LogP contribution in [-0.4, -0.2) is 53.1 Å². The normalized spacial score (nSPS) is 14.7. The Balaban J connectivity index is 1.53. The Bertz CT molecular complexity index is 671. The van der Waals surface area contributed by atoms with Crippen molar-refractivity contribution in [2.24, 2.45) is 0 Å². The molecule has 2 aromatic rings. The molecule has 0 bridgehead atoms. The number of nitrogens with one attached hydrogen (secondary N) is 1. The van der Waals surface area contributed by atoms with Crippen molar-refractivity contribution in [3.63, 3.8) is 0 Å². The fraction of sp³-hybridized carbons (Fsp3) is 0.400. The van der Waals surface area contributed by atoms with Crippen molar-refractivity contribution in [3.05, 3.63) is 29.8 Å².